The van der Waals surface area contributed by atoms with Crippen LogP contribution in [0.3, 0.4) is 0 Å². The molecule has 5 rings (SSSR count). The highest BCUT2D eigenvalue weighted by Crippen LogP contribution is 2.29. The lowest BCUT2D eigenvalue weighted by Crippen LogP contribution is -2.40. The second-order valence-corrected chi connectivity index (χ2v) is 8.22. The Kier molecular flexibility index (Phi) is 4.50. The number of para-hydroxylation sites is 2. The van der Waals surface area contributed by atoms with Crippen LogP contribution in [0.4, 0.5) is 0 Å². The third kappa shape index (κ3) is 2.95. The van der Waals surface area contributed by atoms with Crippen molar-refractivity contribution in [2.24, 2.45) is 0 Å². The zero-order valence-corrected chi connectivity index (χ0v) is 17.4. The van der Waals surface area contributed by atoms with E-state index < -0.39 is 0 Å². The molecule has 1 saturated heterocycles. The Bertz CT molecular complexity index is 1300. The van der Waals surface area contributed by atoms with E-state index in [9.17, 15) is 9.59 Å². The Labute approximate surface area is 174 Å². The number of carbonyl (C=O) groups is 1. The van der Waals surface area contributed by atoms with Gasteiger partial charge in [0.25, 0.3) is 5.91 Å². The first kappa shape index (κ1) is 18.7. The average molecular weight is 402 g/mol. The molecule has 3 heterocycles. The molecule has 4 aromatic rings. The average Bonchev–Trinajstić information content (AvgIpc) is 3.29. The molecule has 0 aliphatic carbocycles. The summed E-state index contributed by atoms with van der Waals surface area (Å²) in [5.41, 5.74) is 5.74. The molecular weight excluding hydrogens is 376 g/mol. The Morgan fingerprint density at radius 2 is 1.83 bits per heavy atom. The van der Waals surface area contributed by atoms with Gasteiger partial charge in [-0.05, 0) is 56.0 Å². The van der Waals surface area contributed by atoms with Crippen LogP contribution in [0.5, 0.6) is 0 Å². The topological polar surface area (TPSA) is 73.9 Å². The molecule has 6 nitrogen and oxygen atoms in total. The van der Waals surface area contributed by atoms with Gasteiger partial charge in [-0.15, -0.1) is 0 Å². The van der Waals surface area contributed by atoms with Gasteiger partial charge in [0.1, 0.15) is 5.69 Å². The summed E-state index contributed by atoms with van der Waals surface area (Å²) >= 11 is 0. The summed E-state index contributed by atoms with van der Waals surface area (Å²) in [6.07, 6.45) is 2.36. The minimum absolute atomic E-state index is 0.0606. The Hall–Kier alpha value is -3.28. The summed E-state index contributed by atoms with van der Waals surface area (Å²) in [4.78, 5) is 34.1. The monoisotopic (exact) mass is 402 g/mol. The van der Waals surface area contributed by atoms with Gasteiger partial charge < -0.3 is 14.9 Å². The highest BCUT2D eigenvalue weighted by Gasteiger charge is 2.28. The second-order valence-electron chi connectivity index (χ2n) is 8.22. The number of aromatic nitrogens is 3. The van der Waals surface area contributed by atoms with E-state index in [2.05, 4.69) is 42.0 Å². The van der Waals surface area contributed by atoms with Crippen LogP contribution >= 0.6 is 0 Å². The number of hydrogen-bond acceptors (Lipinski definition) is 2. The Morgan fingerprint density at radius 3 is 2.60 bits per heavy atom. The molecule has 0 radical (unpaired) electrons. The summed E-state index contributed by atoms with van der Waals surface area (Å²) in [5, 5.41) is 1.14. The van der Waals surface area contributed by atoms with E-state index in [0.29, 0.717) is 18.8 Å². The molecular formula is C24H26N4O2. The molecule has 1 aliphatic heterocycles. The van der Waals surface area contributed by atoms with Crippen molar-refractivity contribution in [3.63, 3.8) is 0 Å². The normalized spacial score (nSPS) is 15.3. The lowest BCUT2D eigenvalue weighted by Gasteiger charge is -2.32. The van der Waals surface area contributed by atoms with Crippen molar-refractivity contribution in [2.45, 2.75) is 39.2 Å². The number of nitrogens with one attached hydrogen (secondary N) is 2. The molecule has 0 bridgehead atoms. The van der Waals surface area contributed by atoms with Gasteiger partial charge in [-0.3, -0.25) is 9.36 Å². The summed E-state index contributed by atoms with van der Waals surface area (Å²) in [6.45, 7) is 5.46. The third-order valence-electron chi connectivity index (χ3n) is 6.37. The molecule has 2 aromatic carbocycles. The second kappa shape index (κ2) is 7.20. The molecule has 1 fully saturated rings. The lowest BCUT2D eigenvalue weighted by atomic mass is 10.0. The van der Waals surface area contributed by atoms with Crippen molar-refractivity contribution in [3.05, 3.63) is 69.8 Å². The highest BCUT2D eigenvalue weighted by molar-refractivity contribution is 6.01. The largest absolute Gasteiger partial charge is 0.350 e. The minimum atomic E-state index is -0.0692. The van der Waals surface area contributed by atoms with Crippen LogP contribution in [0.2, 0.25) is 0 Å². The molecule has 0 saturated carbocycles. The number of hydrogen-bond donors (Lipinski definition) is 2. The number of amides is 1. The molecule has 1 aliphatic rings. The van der Waals surface area contributed by atoms with Gasteiger partial charge >= 0.3 is 5.69 Å². The van der Waals surface area contributed by atoms with Crippen LogP contribution in [0.25, 0.3) is 21.9 Å². The van der Waals surface area contributed by atoms with Gasteiger partial charge in [0.05, 0.1) is 11.0 Å². The lowest BCUT2D eigenvalue weighted by molar-refractivity contribution is 0.0689. The molecule has 1 amide bonds. The Balaban J connectivity index is 1.39. The maximum absolute atomic E-state index is 13.3. The minimum Gasteiger partial charge on any atom is -0.350 e. The number of piperidine rings is 1. The number of benzene rings is 2. The number of likely N-dealkylation sites (tertiary alicyclic amines) is 1. The van der Waals surface area contributed by atoms with E-state index in [1.54, 1.807) is 0 Å². The van der Waals surface area contributed by atoms with Crippen LogP contribution < -0.4 is 5.69 Å². The number of rotatable bonds is 3. The molecule has 0 atom stereocenters. The van der Waals surface area contributed by atoms with Crippen molar-refractivity contribution in [2.75, 3.05) is 13.1 Å². The maximum Gasteiger partial charge on any atom is 0.326 e. The zero-order chi connectivity index (χ0) is 20.8. The summed E-state index contributed by atoms with van der Waals surface area (Å²) in [7, 11) is 0. The number of H-pyrrole nitrogens is 2. The number of aromatic amines is 2. The van der Waals surface area contributed by atoms with Gasteiger partial charge in [-0.1, -0.05) is 30.7 Å². The summed E-state index contributed by atoms with van der Waals surface area (Å²) < 4.78 is 1.86. The summed E-state index contributed by atoms with van der Waals surface area (Å²) in [5.74, 6) is 0.0606. The smallest absolute Gasteiger partial charge is 0.326 e. The van der Waals surface area contributed by atoms with Crippen LogP contribution in [0.1, 0.15) is 47.4 Å². The van der Waals surface area contributed by atoms with E-state index >= 15 is 0 Å². The molecule has 2 aromatic heterocycles. The quantitative estimate of drug-likeness (QED) is 0.540. The van der Waals surface area contributed by atoms with Crippen LogP contribution in [-0.4, -0.2) is 38.4 Å². The predicted octanol–water partition coefficient (Wildman–Crippen LogP) is 4.16. The molecule has 0 spiro atoms. The molecule has 2 N–H and O–H groups in total. The Morgan fingerprint density at radius 1 is 1.07 bits per heavy atom. The van der Waals surface area contributed by atoms with Crippen molar-refractivity contribution in [3.8, 4) is 0 Å². The fraction of sp³-hybridized carbons (Fsp3) is 0.333. The fourth-order valence-electron chi connectivity index (χ4n) is 4.83. The van der Waals surface area contributed by atoms with Crippen molar-refractivity contribution in [1.29, 1.82) is 0 Å². The molecule has 0 unspecified atom stereocenters. The standard InChI is InChI=1S/C24H26N4O2/c1-3-17-18-14-15(2)8-9-19(18)25-22(17)23(29)27-12-10-16(11-13-27)28-21-7-5-4-6-20(21)26-24(28)30/h4-9,14,16,25H,3,10-13H2,1-2H3,(H,26,30). The number of aryl methyl sites for hydroxylation is 2. The zero-order valence-electron chi connectivity index (χ0n) is 17.4. The van der Waals surface area contributed by atoms with Gasteiger partial charge in [0, 0.05) is 30.0 Å². The molecule has 30 heavy (non-hydrogen) atoms. The number of nitrogens with zero attached hydrogens (tertiary/aromatic N) is 2. The SMILES string of the molecule is CCc1c(C(=O)N2CCC(n3c(=O)[nH]c4ccccc43)CC2)[nH]c2ccc(C)cc12. The maximum atomic E-state index is 13.3. The molecule has 154 valence electrons. The van der Waals surface area contributed by atoms with Crippen LogP contribution in [0, 0.1) is 6.92 Å². The first-order valence-corrected chi connectivity index (χ1v) is 10.7. The van der Waals surface area contributed by atoms with E-state index in [0.717, 1.165) is 46.8 Å². The van der Waals surface area contributed by atoms with Crippen molar-refractivity contribution in [1.82, 2.24) is 19.4 Å². The van der Waals surface area contributed by atoms with Crippen molar-refractivity contribution >= 4 is 27.8 Å². The van der Waals surface area contributed by atoms with Crippen LogP contribution in [-0.2, 0) is 6.42 Å². The predicted molar refractivity (Wildman–Crippen MR) is 119 cm³/mol. The first-order chi connectivity index (χ1) is 14.6. The van der Waals surface area contributed by atoms with Crippen LogP contribution in [0.15, 0.2) is 47.3 Å². The van der Waals surface area contributed by atoms with E-state index in [1.807, 2.05) is 33.7 Å². The highest BCUT2D eigenvalue weighted by atomic mass is 16.2. The van der Waals surface area contributed by atoms with Gasteiger partial charge in [-0.25, -0.2) is 4.79 Å². The first-order valence-electron chi connectivity index (χ1n) is 10.7. The number of fused-ring (bicyclic) bond motifs is 2. The summed E-state index contributed by atoms with van der Waals surface area (Å²) in [6, 6.07) is 14.2. The fourth-order valence-corrected chi connectivity index (χ4v) is 4.83. The van der Waals surface area contributed by atoms with E-state index in [-0.39, 0.29) is 17.6 Å². The number of imidazole rings is 1. The third-order valence-corrected chi connectivity index (χ3v) is 6.37. The van der Waals surface area contributed by atoms with E-state index in [4.69, 9.17) is 0 Å². The van der Waals surface area contributed by atoms with Gasteiger partial charge in [0.15, 0.2) is 0 Å². The molecule has 6 heteroatoms. The van der Waals surface area contributed by atoms with Crippen molar-refractivity contribution < 1.29 is 4.79 Å². The van der Waals surface area contributed by atoms with Gasteiger partial charge in [-0.2, -0.15) is 0 Å². The van der Waals surface area contributed by atoms with E-state index in [1.165, 1.54) is 5.56 Å². The van der Waals surface area contributed by atoms with Gasteiger partial charge in [0.2, 0.25) is 0 Å². The number of carbonyl (C=O) groups excluding carboxylic acids is 1.